The van der Waals surface area contributed by atoms with Gasteiger partial charge in [0.2, 0.25) is 0 Å². The molecule has 29 heavy (non-hydrogen) atoms. The van der Waals surface area contributed by atoms with Crippen LogP contribution in [0.4, 0.5) is 0 Å². The van der Waals surface area contributed by atoms with Gasteiger partial charge in [0.15, 0.2) is 0 Å². The van der Waals surface area contributed by atoms with Crippen LogP contribution in [0.15, 0.2) is 34.8 Å². The van der Waals surface area contributed by atoms with E-state index in [1.807, 2.05) is 18.2 Å². The van der Waals surface area contributed by atoms with Crippen LogP contribution in [0.5, 0.6) is 0 Å². The lowest BCUT2D eigenvalue weighted by atomic mass is 9.89. The summed E-state index contributed by atoms with van der Waals surface area (Å²) in [6.45, 7) is 2.06. The van der Waals surface area contributed by atoms with Crippen LogP contribution >= 0.6 is 27.3 Å². The molecule has 4 N–H and O–H groups in total. The fraction of sp³-hybridized carbons (Fsp3) is 0.591. The average Bonchev–Trinajstić information content (AvgIpc) is 3.11. The Morgan fingerprint density at radius 3 is 2.76 bits per heavy atom. The zero-order valence-corrected chi connectivity index (χ0v) is 19.1. The number of hydrogen-bond acceptors (Lipinski definition) is 5. The SMILES string of the molecule is Cc1sc(CCC(O)/C=C/C2C(O)CC(O)C2C/C=C/CCCC(=O)O)cc1Br. The number of carboxylic acids is 1. The van der Waals surface area contributed by atoms with Crippen molar-refractivity contribution in [1.82, 2.24) is 0 Å². The van der Waals surface area contributed by atoms with Crippen molar-refractivity contribution in [2.45, 2.75) is 70.2 Å². The van der Waals surface area contributed by atoms with Crippen LogP contribution in [-0.4, -0.2) is 44.7 Å². The molecule has 1 aromatic heterocycles. The number of aryl methyl sites for hydroxylation is 2. The first-order valence-electron chi connectivity index (χ1n) is 10.1. The highest BCUT2D eigenvalue weighted by atomic mass is 79.9. The van der Waals surface area contributed by atoms with Gasteiger partial charge in [0.1, 0.15) is 0 Å². The van der Waals surface area contributed by atoms with Gasteiger partial charge in [-0.2, -0.15) is 0 Å². The molecule has 1 aliphatic carbocycles. The molecule has 7 heteroatoms. The Hall–Kier alpha value is -0.990. The van der Waals surface area contributed by atoms with Crippen molar-refractivity contribution in [3.63, 3.8) is 0 Å². The summed E-state index contributed by atoms with van der Waals surface area (Å²) in [5.41, 5.74) is 0. The van der Waals surface area contributed by atoms with E-state index in [0.29, 0.717) is 32.1 Å². The van der Waals surface area contributed by atoms with Gasteiger partial charge in [0, 0.05) is 33.0 Å². The Kier molecular flexibility index (Phi) is 10.1. The quantitative estimate of drug-likeness (QED) is 0.277. The smallest absolute Gasteiger partial charge is 0.303 e. The number of allylic oxidation sites excluding steroid dienone is 2. The lowest BCUT2D eigenvalue weighted by Gasteiger charge is -2.19. The summed E-state index contributed by atoms with van der Waals surface area (Å²) in [5.74, 6) is -1.08. The summed E-state index contributed by atoms with van der Waals surface area (Å²) in [6, 6.07) is 2.09. The van der Waals surface area contributed by atoms with Crippen LogP contribution in [0.1, 0.15) is 48.3 Å². The lowest BCUT2D eigenvalue weighted by Crippen LogP contribution is -2.20. The minimum atomic E-state index is -0.793. The molecular weight excluding hydrogens is 456 g/mol. The molecule has 1 aromatic rings. The van der Waals surface area contributed by atoms with Crippen molar-refractivity contribution in [1.29, 1.82) is 0 Å². The highest BCUT2D eigenvalue weighted by Crippen LogP contribution is 2.36. The summed E-state index contributed by atoms with van der Waals surface area (Å²) >= 11 is 5.23. The fourth-order valence-corrected chi connectivity index (χ4v) is 5.35. The van der Waals surface area contributed by atoms with Crippen LogP contribution in [0.25, 0.3) is 0 Å². The van der Waals surface area contributed by atoms with Crippen molar-refractivity contribution >= 4 is 33.2 Å². The summed E-state index contributed by atoms with van der Waals surface area (Å²) in [5, 5.41) is 39.5. The minimum Gasteiger partial charge on any atom is -0.481 e. The Balaban J connectivity index is 1.83. The maximum absolute atomic E-state index is 10.5. The first kappa shape index (κ1) is 24.3. The third-order valence-corrected chi connectivity index (χ3v) is 7.60. The van der Waals surface area contributed by atoms with Crippen molar-refractivity contribution in [3.8, 4) is 0 Å². The highest BCUT2D eigenvalue weighted by molar-refractivity contribution is 9.10. The predicted octanol–water partition coefficient (Wildman–Crippen LogP) is 4.23. The molecule has 1 aliphatic rings. The molecule has 5 unspecified atom stereocenters. The van der Waals surface area contributed by atoms with Crippen LogP contribution in [0.2, 0.25) is 0 Å². The second-order valence-corrected chi connectivity index (χ2v) is 9.91. The molecule has 1 fully saturated rings. The molecule has 0 amide bonds. The zero-order valence-electron chi connectivity index (χ0n) is 16.7. The molecule has 0 saturated heterocycles. The largest absolute Gasteiger partial charge is 0.481 e. The van der Waals surface area contributed by atoms with E-state index in [0.717, 1.165) is 10.9 Å². The van der Waals surface area contributed by atoms with Gasteiger partial charge >= 0.3 is 5.97 Å². The third kappa shape index (κ3) is 7.98. The van der Waals surface area contributed by atoms with E-state index in [4.69, 9.17) is 5.11 Å². The average molecular weight is 487 g/mol. The minimum absolute atomic E-state index is 0.0972. The number of aliphatic hydroxyl groups excluding tert-OH is 3. The number of carboxylic acid groups (broad SMARTS) is 1. The lowest BCUT2D eigenvalue weighted by molar-refractivity contribution is -0.137. The number of carbonyl (C=O) groups is 1. The van der Waals surface area contributed by atoms with Crippen molar-refractivity contribution in [2.75, 3.05) is 0 Å². The predicted molar refractivity (Wildman–Crippen MR) is 119 cm³/mol. The molecule has 1 saturated carbocycles. The normalized spacial score (nSPS) is 26.0. The number of unbranched alkanes of at least 4 members (excludes halogenated alkanes) is 1. The molecule has 0 aliphatic heterocycles. The first-order valence-corrected chi connectivity index (χ1v) is 11.7. The van der Waals surface area contributed by atoms with Gasteiger partial charge in [-0.1, -0.05) is 24.3 Å². The molecule has 162 valence electrons. The second-order valence-electron chi connectivity index (χ2n) is 7.71. The van der Waals surface area contributed by atoms with Gasteiger partial charge < -0.3 is 20.4 Å². The second kappa shape index (κ2) is 12.0. The monoisotopic (exact) mass is 486 g/mol. The molecule has 2 rings (SSSR count). The Bertz CT molecular complexity index is 695. The highest BCUT2D eigenvalue weighted by Gasteiger charge is 2.39. The van der Waals surface area contributed by atoms with Gasteiger partial charge in [-0.15, -0.1) is 11.3 Å². The zero-order chi connectivity index (χ0) is 21.4. The van der Waals surface area contributed by atoms with E-state index >= 15 is 0 Å². The standard InChI is InChI=1S/C22H31BrO5S/c1-14-19(23)12-16(29-14)10-8-15(24)9-11-18-17(20(25)13-21(18)26)6-4-2-3-5-7-22(27)28/h2,4,9,11-12,15,17-18,20-21,24-26H,3,5-8,10,13H2,1H3,(H,27,28)/b4-2+,11-9+. The molecular formula is C22H31BrO5S. The van der Waals surface area contributed by atoms with Gasteiger partial charge in [0.25, 0.3) is 0 Å². The molecule has 0 radical (unpaired) electrons. The number of thiophene rings is 1. The van der Waals surface area contributed by atoms with E-state index in [9.17, 15) is 20.1 Å². The first-order chi connectivity index (χ1) is 13.8. The number of aliphatic hydroxyl groups is 3. The summed E-state index contributed by atoms with van der Waals surface area (Å²) in [4.78, 5) is 13.0. The van der Waals surface area contributed by atoms with E-state index in [2.05, 4.69) is 28.9 Å². The van der Waals surface area contributed by atoms with Crippen LogP contribution in [0.3, 0.4) is 0 Å². The topological polar surface area (TPSA) is 98.0 Å². The van der Waals surface area contributed by atoms with Crippen LogP contribution in [-0.2, 0) is 11.2 Å². The van der Waals surface area contributed by atoms with E-state index in [1.54, 1.807) is 17.4 Å². The van der Waals surface area contributed by atoms with Crippen molar-refractivity contribution < 1.29 is 25.2 Å². The third-order valence-electron chi connectivity index (χ3n) is 5.40. The van der Waals surface area contributed by atoms with E-state index < -0.39 is 24.3 Å². The maximum atomic E-state index is 10.5. The van der Waals surface area contributed by atoms with Crippen molar-refractivity contribution in [3.05, 3.63) is 44.6 Å². The Morgan fingerprint density at radius 2 is 2.10 bits per heavy atom. The molecule has 0 spiro atoms. The van der Waals surface area contributed by atoms with Crippen LogP contribution < -0.4 is 0 Å². The fourth-order valence-electron chi connectivity index (χ4n) is 3.73. The summed E-state index contributed by atoms with van der Waals surface area (Å²) in [7, 11) is 0. The molecule has 0 aromatic carbocycles. The summed E-state index contributed by atoms with van der Waals surface area (Å²) in [6.07, 6.45) is 9.52. The maximum Gasteiger partial charge on any atom is 0.303 e. The van der Waals surface area contributed by atoms with E-state index in [-0.39, 0.29) is 18.3 Å². The van der Waals surface area contributed by atoms with Gasteiger partial charge in [-0.25, -0.2) is 0 Å². The molecule has 0 bridgehead atoms. The van der Waals surface area contributed by atoms with E-state index in [1.165, 1.54) is 9.75 Å². The van der Waals surface area contributed by atoms with Gasteiger partial charge in [-0.3, -0.25) is 4.79 Å². The number of rotatable bonds is 11. The van der Waals surface area contributed by atoms with Gasteiger partial charge in [-0.05, 0) is 66.9 Å². The number of hydrogen-bond donors (Lipinski definition) is 4. The molecule has 5 nitrogen and oxygen atoms in total. The molecule has 1 heterocycles. The molecule has 5 atom stereocenters. The van der Waals surface area contributed by atoms with Gasteiger partial charge in [0.05, 0.1) is 18.3 Å². The van der Waals surface area contributed by atoms with Crippen LogP contribution in [0, 0.1) is 18.8 Å². The summed E-state index contributed by atoms with van der Waals surface area (Å²) < 4.78 is 1.10. The number of halogens is 1. The Labute approximate surface area is 184 Å². The Morgan fingerprint density at radius 1 is 1.34 bits per heavy atom. The van der Waals surface area contributed by atoms with Crippen molar-refractivity contribution in [2.24, 2.45) is 11.8 Å². The number of aliphatic carboxylic acids is 1.